The first-order valence-corrected chi connectivity index (χ1v) is 6.68. The van der Waals surface area contributed by atoms with E-state index in [4.69, 9.17) is 0 Å². The highest BCUT2D eigenvalue weighted by Crippen LogP contribution is 2.66. The van der Waals surface area contributed by atoms with E-state index in [0.717, 1.165) is 29.6 Å². The summed E-state index contributed by atoms with van der Waals surface area (Å²) in [5, 5.41) is 31.7. The molecule has 0 saturated heterocycles. The van der Waals surface area contributed by atoms with Crippen LogP contribution in [0.5, 0.6) is 0 Å². The van der Waals surface area contributed by atoms with E-state index < -0.39 is 17.8 Å². The van der Waals surface area contributed by atoms with Crippen molar-refractivity contribution < 1.29 is 15.3 Å². The van der Waals surface area contributed by atoms with Crippen LogP contribution in [0.4, 0.5) is 0 Å². The van der Waals surface area contributed by atoms with Crippen LogP contribution in [0.2, 0.25) is 0 Å². The molecule has 3 N–H and O–H groups in total. The van der Waals surface area contributed by atoms with E-state index in [-0.39, 0.29) is 10.8 Å². The third kappa shape index (κ3) is 1.16. The zero-order valence-electron chi connectivity index (χ0n) is 11.5. The molecule has 3 aliphatic carbocycles. The Hall–Kier alpha value is -0.640. The second-order valence-electron chi connectivity index (χ2n) is 6.99. The molecule has 0 radical (unpaired) electrons. The average molecular weight is 250 g/mol. The summed E-state index contributed by atoms with van der Waals surface area (Å²) in [5.74, 6) is 0. The predicted molar refractivity (Wildman–Crippen MR) is 68.9 cm³/mol. The summed E-state index contributed by atoms with van der Waals surface area (Å²) in [7, 11) is 0. The lowest BCUT2D eigenvalue weighted by Gasteiger charge is -2.44. The molecule has 0 aromatic carbocycles. The maximum atomic E-state index is 10.7. The summed E-state index contributed by atoms with van der Waals surface area (Å²) in [6.45, 7) is 7.65. The molecular formula is C15H22O3. The molecule has 0 unspecified atom stereocenters. The molecule has 1 saturated carbocycles. The fraction of sp³-hybridized carbons (Fsp3) is 0.733. The summed E-state index contributed by atoms with van der Waals surface area (Å²) < 4.78 is 0. The zero-order valence-corrected chi connectivity index (χ0v) is 11.5. The predicted octanol–water partition coefficient (Wildman–Crippen LogP) is 1.54. The van der Waals surface area contributed by atoms with E-state index in [0.29, 0.717) is 0 Å². The summed E-state index contributed by atoms with van der Waals surface area (Å²) in [6.07, 6.45) is 2.25. The molecule has 0 heterocycles. The smallest absolute Gasteiger partial charge is 0.108 e. The highest BCUT2D eigenvalue weighted by Gasteiger charge is 2.65. The van der Waals surface area contributed by atoms with Gasteiger partial charge in [0.1, 0.15) is 11.7 Å². The first kappa shape index (κ1) is 12.4. The van der Waals surface area contributed by atoms with Gasteiger partial charge in [-0.1, -0.05) is 25.5 Å². The third-order valence-corrected chi connectivity index (χ3v) is 5.48. The zero-order chi connectivity index (χ0) is 13.5. The minimum absolute atomic E-state index is 0.319. The molecule has 18 heavy (non-hydrogen) atoms. The van der Waals surface area contributed by atoms with E-state index in [1.165, 1.54) is 0 Å². The fourth-order valence-corrected chi connectivity index (χ4v) is 3.94. The molecule has 0 amide bonds. The molecule has 0 aliphatic heterocycles. The Kier molecular flexibility index (Phi) is 2.13. The van der Waals surface area contributed by atoms with Crippen molar-refractivity contribution in [3.05, 3.63) is 22.8 Å². The van der Waals surface area contributed by atoms with Crippen molar-refractivity contribution in [1.29, 1.82) is 0 Å². The summed E-state index contributed by atoms with van der Waals surface area (Å²) >= 11 is 0. The van der Waals surface area contributed by atoms with Gasteiger partial charge in [-0.2, -0.15) is 0 Å². The van der Waals surface area contributed by atoms with E-state index in [9.17, 15) is 15.3 Å². The van der Waals surface area contributed by atoms with Gasteiger partial charge in [-0.25, -0.2) is 0 Å². The highest BCUT2D eigenvalue weighted by molar-refractivity contribution is 5.56. The van der Waals surface area contributed by atoms with E-state index in [1.54, 1.807) is 6.92 Å². The summed E-state index contributed by atoms with van der Waals surface area (Å²) in [4.78, 5) is 0. The van der Waals surface area contributed by atoms with Gasteiger partial charge in [0.2, 0.25) is 0 Å². The van der Waals surface area contributed by atoms with Gasteiger partial charge in [-0.05, 0) is 37.8 Å². The number of hydrogen-bond acceptors (Lipinski definition) is 3. The summed E-state index contributed by atoms with van der Waals surface area (Å²) in [5.41, 5.74) is 0.863. The first-order chi connectivity index (χ1) is 8.15. The molecule has 3 aliphatic rings. The quantitative estimate of drug-likeness (QED) is 0.611. The maximum Gasteiger partial charge on any atom is 0.108 e. The average Bonchev–Trinajstić information content (AvgIpc) is 3.02. The van der Waals surface area contributed by atoms with Gasteiger partial charge in [0, 0.05) is 10.8 Å². The first-order valence-electron chi connectivity index (χ1n) is 6.68. The lowest BCUT2D eigenvalue weighted by atomic mass is 9.66. The van der Waals surface area contributed by atoms with Crippen LogP contribution in [-0.2, 0) is 0 Å². The van der Waals surface area contributed by atoms with Gasteiger partial charge < -0.3 is 15.3 Å². The van der Waals surface area contributed by atoms with Crippen LogP contribution < -0.4 is 0 Å². The van der Waals surface area contributed by atoms with Crippen molar-refractivity contribution in [2.24, 2.45) is 10.8 Å². The number of aliphatic hydroxyl groups excluding tert-OH is 2. The van der Waals surface area contributed by atoms with Crippen LogP contribution in [0, 0.1) is 10.8 Å². The molecule has 0 bridgehead atoms. The van der Waals surface area contributed by atoms with Crippen LogP contribution in [0.1, 0.15) is 40.5 Å². The lowest BCUT2D eigenvalue weighted by molar-refractivity contribution is -0.0900. The highest BCUT2D eigenvalue weighted by atomic mass is 16.3. The Morgan fingerprint density at radius 3 is 2.17 bits per heavy atom. The van der Waals surface area contributed by atoms with Crippen molar-refractivity contribution >= 4 is 0 Å². The van der Waals surface area contributed by atoms with Gasteiger partial charge in [-0.3, -0.25) is 0 Å². The van der Waals surface area contributed by atoms with Gasteiger partial charge in [-0.15, -0.1) is 0 Å². The number of aliphatic hydroxyl groups is 3. The van der Waals surface area contributed by atoms with E-state index in [2.05, 4.69) is 0 Å². The fourth-order valence-electron chi connectivity index (χ4n) is 3.94. The van der Waals surface area contributed by atoms with Crippen molar-refractivity contribution in [1.82, 2.24) is 0 Å². The maximum absolute atomic E-state index is 10.7. The second-order valence-corrected chi connectivity index (χ2v) is 6.99. The van der Waals surface area contributed by atoms with Crippen molar-refractivity contribution in [2.75, 3.05) is 0 Å². The van der Waals surface area contributed by atoms with Crippen LogP contribution in [-0.4, -0.2) is 33.1 Å². The minimum atomic E-state index is -1.12. The number of hydrogen-bond donors (Lipinski definition) is 3. The van der Waals surface area contributed by atoms with Gasteiger partial charge in [0.25, 0.3) is 0 Å². The summed E-state index contributed by atoms with van der Waals surface area (Å²) in [6, 6.07) is 0. The van der Waals surface area contributed by atoms with Crippen LogP contribution in [0.15, 0.2) is 22.8 Å². The standard InChI is InChI=1S/C15H22O3/c1-8-10-9(7-13(2,3)12(10)17)11(16)14(4,18)15(8)5-6-15/h7,11-12,16-18H,5-6H2,1-4H3/t11-,12-,14+/m1/s1. The van der Waals surface area contributed by atoms with Gasteiger partial charge in [0.15, 0.2) is 0 Å². The number of fused-ring (bicyclic) bond motifs is 1. The van der Waals surface area contributed by atoms with Gasteiger partial charge >= 0.3 is 0 Å². The van der Waals surface area contributed by atoms with E-state index in [1.807, 2.05) is 26.8 Å². The van der Waals surface area contributed by atoms with Crippen LogP contribution in [0.3, 0.4) is 0 Å². The van der Waals surface area contributed by atoms with Crippen molar-refractivity contribution in [3.8, 4) is 0 Å². The third-order valence-electron chi connectivity index (χ3n) is 5.48. The van der Waals surface area contributed by atoms with E-state index >= 15 is 0 Å². The molecule has 3 nitrogen and oxygen atoms in total. The molecule has 0 aromatic rings. The largest absolute Gasteiger partial charge is 0.388 e. The van der Waals surface area contributed by atoms with Gasteiger partial charge in [0.05, 0.1) is 6.10 Å². The Morgan fingerprint density at radius 2 is 1.67 bits per heavy atom. The molecule has 0 aromatic heterocycles. The van der Waals surface area contributed by atoms with Crippen molar-refractivity contribution in [3.63, 3.8) is 0 Å². The molecule has 3 atom stereocenters. The molecular weight excluding hydrogens is 228 g/mol. The number of rotatable bonds is 0. The molecule has 100 valence electrons. The SMILES string of the molecule is CC1=C2C(=CC(C)(C)[C@@H]2O)[C@@H](O)[C@](C)(O)C12CC2. The van der Waals surface area contributed by atoms with Crippen LogP contribution in [0.25, 0.3) is 0 Å². The molecule has 3 rings (SSSR count). The van der Waals surface area contributed by atoms with Crippen LogP contribution >= 0.6 is 0 Å². The minimum Gasteiger partial charge on any atom is -0.388 e. The second kappa shape index (κ2) is 3.09. The van der Waals surface area contributed by atoms with Crippen molar-refractivity contribution in [2.45, 2.75) is 58.3 Å². The Balaban J connectivity index is 2.24. The Bertz CT molecular complexity index is 478. The molecule has 1 spiro atoms. The molecule has 3 heteroatoms. The molecule has 1 fully saturated rings. The lowest BCUT2D eigenvalue weighted by Crippen LogP contribution is -2.52. The Labute approximate surface area is 108 Å². The normalized spacial score (nSPS) is 44.1. The Morgan fingerprint density at radius 1 is 1.11 bits per heavy atom. The topological polar surface area (TPSA) is 60.7 Å². The monoisotopic (exact) mass is 250 g/mol.